The number of rotatable bonds is 8. The zero-order valence-electron chi connectivity index (χ0n) is 24.6. The van der Waals surface area contributed by atoms with Gasteiger partial charge >= 0.3 is 0 Å². The van der Waals surface area contributed by atoms with Crippen molar-refractivity contribution in [3.63, 3.8) is 0 Å². The van der Waals surface area contributed by atoms with E-state index in [1.807, 2.05) is 74.4 Å². The van der Waals surface area contributed by atoms with Crippen molar-refractivity contribution in [2.45, 2.75) is 18.4 Å². The lowest BCUT2D eigenvalue weighted by Gasteiger charge is -2.14. The Balaban J connectivity index is 0.000000231. The zero-order chi connectivity index (χ0) is 30.8. The van der Waals surface area contributed by atoms with Gasteiger partial charge in [0.15, 0.2) is 0 Å². The van der Waals surface area contributed by atoms with Gasteiger partial charge in [-0.05, 0) is 89.3 Å². The molecule has 4 aromatic carbocycles. The highest BCUT2D eigenvalue weighted by atomic mass is 32.2. The second kappa shape index (κ2) is 15.0. The Hall–Kier alpha value is -4.38. The highest BCUT2D eigenvalue weighted by Crippen LogP contribution is 2.29. The third-order valence-electron chi connectivity index (χ3n) is 6.22. The van der Waals surface area contributed by atoms with Gasteiger partial charge in [0, 0.05) is 45.0 Å². The number of aliphatic hydroxyl groups is 1. The largest absolute Gasteiger partial charge is 0.768 e. The Morgan fingerprint density at radius 2 is 1.62 bits per heavy atom. The Kier molecular flexibility index (Phi) is 11.5. The minimum atomic E-state index is -2.40. The predicted octanol–water partition coefficient (Wildman–Crippen LogP) is 6.27. The SMILES string of the molecule is COc1ccc(-c2cccc(C(=O)N(C)C)c2)cc1S(=O)[O-].Cc1cccc(N=Nc2ccc(N(C)C)cc2CO)c1. The fraction of sp³-hybridized carbons (Fsp3) is 0.219. The number of aliphatic hydroxyl groups excluding tert-OH is 1. The van der Waals surface area contributed by atoms with Crippen LogP contribution in [-0.4, -0.2) is 60.0 Å². The fourth-order valence-electron chi connectivity index (χ4n) is 3.95. The van der Waals surface area contributed by atoms with E-state index in [4.69, 9.17) is 4.74 Å². The van der Waals surface area contributed by atoms with Crippen LogP contribution in [0.1, 0.15) is 21.5 Å². The molecule has 0 saturated carbocycles. The van der Waals surface area contributed by atoms with E-state index in [1.54, 1.807) is 44.4 Å². The van der Waals surface area contributed by atoms with Crippen molar-refractivity contribution in [2.24, 2.45) is 10.2 Å². The van der Waals surface area contributed by atoms with E-state index < -0.39 is 11.1 Å². The number of ether oxygens (including phenoxy) is 1. The molecule has 0 aromatic heterocycles. The number of benzene rings is 4. The molecule has 0 aliphatic rings. The van der Waals surface area contributed by atoms with Gasteiger partial charge in [-0.2, -0.15) is 10.2 Å². The van der Waals surface area contributed by atoms with E-state index in [2.05, 4.69) is 10.2 Å². The summed E-state index contributed by atoms with van der Waals surface area (Å²) in [5, 5.41) is 17.9. The van der Waals surface area contributed by atoms with Gasteiger partial charge in [-0.1, -0.05) is 30.3 Å². The van der Waals surface area contributed by atoms with Gasteiger partial charge in [0.05, 0.1) is 30.0 Å². The number of carbonyl (C=O) groups is 1. The van der Waals surface area contributed by atoms with Crippen molar-refractivity contribution in [1.29, 1.82) is 0 Å². The molecule has 1 atom stereocenters. The van der Waals surface area contributed by atoms with E-state index in [-0.39, 0.29) is 23.2 Å². The van der Waals surface area contributed by atoms with Gasteiger partial charge in [0.1, 0.15) is 5.75 Å². The number of hydrogen-bond acceptors (Lipinski definition) is 8. The highest BCUT2D eigenvalue weighted by molar-refractivity contribution is 7.79. The van der Waals surface area contributed by atoms with E-state index in [1.165, 1.54) is 18.1 Å². The van der Waals surface area contributed by atoms with Crippen LogP contribution in [0, 0.1) is 6.92 Å². The summed E-state index contributed by atoms with van der Waals surface area (Å²) in [7, 11) is 8.71. The van der Waals surface area contributed by atoms with Crippen molar-refractivity contribution >= 4 is 34.0 Å². The Morgan fingerprint density at radius 1 is 0.905 bits per heavy atom. The van der Waals surface area contributed by atoms with Crippen LogP contribution in [0.4, 0.5) is 17.1 Å². The molecule has 0 heterocycles. The van der Waals surface area contributed by atoms with Crippen molar-refractivity contribution in [2.75, 3.05) is 40.2 Å². The molecular weight excluding hydrogens is 552 g/mol. The Bertz CT molecular complexity index is 1590. The Morgan fingerprint density at radius 3 is 2.24 bits per heavy atom. The second-order valence-corrected chi connectivity index (χ2v) is 10.7. The van der Waals surface area contributed by atoms with Crippen LogP contribution in [0.15, 0.2) is 100 Å². The third-order valence-corrected chi connectivity index (χ3v) is 6.90. The normalized spacial score (nSPS) is 11.4. The average Bonchev–Trinajstić information content (AvgIpc) is 2.99. The summed E-state index contributed by atoms with van der Waals surface area (Å²) in [6, 6.07) is 25.5. The molecule has 1 amide bonds. The summed E-state index contributed by atoms with van der Waals surface area (Å²) < 4.78 is 27.6. The van der Waals surface area contributed by atoms with Crippen LogP contribution in [0.25, 0.3) is 11.1 Å². The lowest BCUT2D eigenvalue weighted by atomic mass is 10.0. The smallest absolute Gasteiger partial charge is 0.253 e. The highest BCUT2D eigenvalue weighted by Gasteiger charge is 2.11. The molecule has 0 bridgehead atoms. The van der Waals surface area contributed by atoms with Gasteiger partial charge in [0.2, 0.25) is 0 Å². The average molecular weight is 588 g/mol. The molecule has 1 unspecified atom stereocenters. The molecule has 0 spiro atoms. The lowest BCUT2D eigenvalue weighted by Crippen LogP contribution is -2.21. The first-order valence-corrected chi connectivity index (χ1v) is 14.1. The molecule has 4 rings (SSSR count). The van der Waals surface area contributed by atoms with Gasteiger partial charge in [-0.3, -0.25) is 9.00 Å². The zero-order valence-corrected chi connectivity index (χ0v) is 25.4. The first-order chi connectivity index (χ1) is 20.0. The fourth-order valence-corrected chi connectivity index (χ4v) is 4.49. The van der Waals surface area contributed by atoms with Crippen molar-refractivity contribution in [1.82, 2.24) is 4.90 Å². The molecule has 4 aromatic rings. The number of aryl methyl sites for hydroxylation is 1. The molecule has 0 aliphatic heterocycles. The van der Waals surface area contributed by atoms with Crippen molar-refractivity contribution < 1.29 is 23.4 Å². The van der Waals surface area contributed by atoms with Crippen LogP contribution in [0.5, 0.6) is 5.75 Å². The maximum Gasteiger partial charge on any atom is 0.253 e. The third kappa shape index (κ3) is 8.56. The van der Waals surface area contributed by atoms with Crippen LogP contribution in [0.2, 0.25) is 0 Å². The maximum atomic E-state index is 12.0. The molecule has 9 nitrogen and oxygen atoms in total. The van der Waals surface area contributed by atoms with Crippen LogP contribution in [-0.2, 0) is 17.7 Å². The van der Waals surface area contributed by atoms with E-state index in [0.29, 0.717) is 16.8 Å². The topological polar surface area (TPSA) is 118 Å². The van der Waals surface area contributed by atoms with Crippen molar-refractivity contribution in [3.8, 4) is 16.9 Å². The number of methoxy groups -OCH3 is 1. The van der Waals surface area contributed by atoms with E-state index >= 15 is 0 Å². The minimum Gasteiger partial charge on any atom is -0.768 e. The summed E-state index contributed by atoms with van der Waals surface area (Å²) in [6.45, 7) is 1.97. The quantitative estimate of drug-likeness (QED) is 0.192. The summed E-state index contributed by atoms with van der Waals surface area (Å²) >= 11 is -2.40. The molecule has 0 fully saturated rings. The van der Waals surface area contributed by atoms with Gasteiger partial charge in [-0.15, -0.1) is 0 Å². The number of hydrogen-bond donors (Lipinski definition) is 1. The first-order valence-electron chi connectivity index (χ1n) is 13.0. The summed E-state index contributed by atoms with van der Waals surface area (Å²) in [6.07, 6.45) is 0. The predicted molar refractivity (Wildman–Crippen MR) is 166 cm³/mol. The van der Waals surface area contributed by atoms with E-state index in [0.717, 1.165) is 28.1 Å². The minimum absolute atomic E-state index is 0.0517. The van der Waals surface area contributed by atoms with Gasteiger partial charge in [0.25, 0.3) is 5.91 Å². The molecule has 0 aliphatic carbocycles. The molecule has 42 heavy (non-hydrogen) atoms. The van der Waals surface area contributed by atoms with Crippen LogP contribution >= 0.6 is 0 Å². The molecular formula is C32H35N4O5S-. The number of carbonyl (C=O) groups excluding carboxylic acids is 1. The lowest BCUT2D eigenvalue weighted by molar-refractivity contribution is 0.0827. The van der Waals surface area contributed by atoms with Crippen LogP contribution in [0.3, 0.4) is 0 Å². The number of azo groups is 1. The number of anilines is 1. The van der Waals surface area contributed by atoms with E-state index in [9.17, 15) is 18.7 Å². The van der Waals surface area contributed by atoms with Gasteiger partial charge in [-0.25, -0.2) is 0 Å². The van der Waals surface area contributed by atoms with Gasteiger partial charge < -0.3 is 24.2 Å². The molecule has 0 radical (unpaired) electrons. The summed E-state index contributed by atoms with van der Waals surface area (Å²) in [4.78, 5) is 15.6. The molecule has 220 valence electrons. The molecule has 10 heteroatoms. The summed E-state index contributed by atoms with van der Waals surface area (Å²) in [5.74, 6) is 0.181. The Labute approximate surface area is 249 Å². The standard InChI is InChI=1S/C16H19N3O.C16H17NO4S/c1-12-5-4-6-14(9-12)17-18-16-8-7-15(19(2)3)10-13(16)11-20;1-17(2)16(18)13-6-4-5-11(9-13)12-7-8-14(21-3)15(10-12)22(19)20/h4-10,20H,11H2,1-3H3;4-10H,1-3H3,(H,19,20)/p-1. The first kappa shape index (κ1) is 32.1. The monoisotopic (exact) mass is 587 g/mol. The number of nitrogens with zero attached hydrogens (tertiary/aromatic N) is 4. The number of amides is 1. The van der Waals surface area contributed by atoms with Crippen LogP contribution < -0.4 is 9.64 Å². The maximum absolute atomic E-state index is 12.0. The summed E-state index contributed by atoms with van der Waals surface area (Å²) in [5.41, 5.74) is 6.46. The second-order valence-electron chi connectivity index (χ2n) is 9.79. The molecule has 0 saturated heterocycles. The molecule has 1 N–H and O–H groups in total. The van der Waals surface area contributed by atoms with Crippen molar-refractivity contribution in [3.05, 3.63) is 102 Å².